The van der Waals surface area contributed by atoms with Gasteiger partial charge in [-0.15, -0.1) is 0 Å². The van der Waals surface area contributed by atoms with E-state index in [1.165, 1.54) is 19.4 Å². The number of benzene rings is 2. The van der Waals surface area contributed by atoms with Crippen LogP contribution < -0.4 is 5.32 Å². The fraction of sp³-hybridized carbons (Fsp3) is 0.375. The normalized spacial score (nSPS) is 15.0. The predicted octanol–water partition coefficient (Wildman–Crippen LogP) is 5.58. The number of carbonyl (C=O) groups is 3. The van der Waals surface area contributed by atoms with Crippen molar-refractivity contribution >= 4 is 46.7 Å². The predicted molar refractivity (Wildman–Crippen MR) is 125 cm³/mol. The van der Waals surface area contributed by atoms with Gasteiger partial charge in [-0.1, -0.05) is 60.7 Å². The second-order valence-corrected chi connectivity index (χ2v) is 8.68. The Morgan fingerprint density at radius 3 is 2.34 bits per heavy atom. The van der Waals surface area contributed by atoms with Crippen molar-refractivity contribution in [2.45, 2.75) is 51.2 Å². The second-order valence-electron chi connectivity index (χ2n) is 7.89. The molecule has 0 radical (unpaired) electrons. The first-order chi connectivity index (χ1) is 15.3. The maximum atomic E-state index is 13.1. The summed E-state index contributed by atoms with van der Waals surface area (Å²) in [6.45, 7) is 1.45. The lowest BCUT2D eigenvalue weighted by Gasteiger charge is -2.31. The number of ether oxygens (including phenoxy) is 1. The summed E-state index contributed by atoms with van der Waals surface area (Å²) in [5.41, 5.74) is 0.702. The molecule has 0 bridgehead atoms. The Morgan fingerprint density at radius 1 is 1.00 bits per heavy atom. The number of rotatable bonds is 6. The first-order valence-corrected chi connectivity index (χ1v) is 11.4. The molecule has 1 N–H and O–H groups in total. The zero-order valence-electron chi connectivity index (χ0n) is 18.1. The third kappa shape index (κ3) is 5.61. The Bertz CT molecular complexity index is 1010. The van der Waals surface area contributed by atoms with Crippen molar-refractivity contribution in [1.29, 1.82) is 0 Å². The minimum Gasteiger partial charge on any atom is -0.449 e. The summed E-state index contributed by atoms with van der Waals surface area (Å²) in [7, 11) is 1.77. The van der Waals surface area contributed by atoms with Gasteiger partial charge < -0.3 is 15.0 Å². The highest BCUT2D eigenvalue weighted by Crippen LogP contribution is 2.30. The van der Waals surface area contributed by atoms with E-state index < -0.39 is 18.0 Å². The minimum absolute atomic E-state index is 0.126. The van der Waals surface area contributed by atoms with E-state index >= 15 is 0 Å². The van der Waals surface area contributed by atoms with E-state index in [1.54, 1.807) is 48.3 Å². The highest BCUT2D eigenvalue weighted by atomic mass is 35.5. The fourth-order valence-electron chi connectivity index (χ4n) is 3.78. The molecule has 3 rings (SSSR count). The summed E-state index contributed by atoms with van der Waals surface area (Å²) in [5.74, 6) is -1.54. The lowest BCUT2D eigenvalue weighted by molar-refractivity contribution is -0.123. The van der Waals surface area contributed by atoms with Crippen LogP contribution in [0.1, 0.15) is 59.7 Å². The summed E-state index contributed by atoms with van der Waals surface area (Å²) in [6, 6.07) is 11.5. The fourth-order valence-corrected chi connectivity index (χ4v) is 4.13. The standard InChI is InChI=1S/C24H26Cl2N2O4/c1-15(22(29)27-20-14-8-13-19(25)21(20)26)32-24(31)18-12-7-6-11-17(18)23(30)28(2)16-9-4-3-5-10-16/h6-8,11-16H,3-5,9-10H2,1-2H3,(H,27,29). The number of hydrogen-bond donors (Lipinski definition) is 1. The van der Waals surface area contributed by atoms with Gasteiger partial charge in [0.15, 0.2) is 6.10 Å². The van der Waals surface area contributed by atoms with Crippen LogP contribution in [0.5, 0.6) is 0 Å². The van der Waals surface area contributed by atoms with Crippen molar-refractivity contribution in [3.8, 4) is 0 Å². The van der Waals surface area contributed by atoms with Crippen molar-refractivity contribution in [2.24, 2.45) is 0 Å². The number of nitrogens with zero attached hydrogens (tertiary/aromatic N) is 1. The highest BCUT2D eigenvalue weighted by Gasteiger charge is 2.28. The highest BCUT2D eigenvalue weighted by molar-refractivity contribution is 6.44. The smallest absolute Gasteiger partial charge is 0.339 e. The van der Waals surface area contributed by atoms with Gasteiger partial charge >= 0.3 is 5.97 Å². The zero-order chi connectivity index (χ0) is 23.3. The molecular formula is C24H26Cl2N2O4. The quantitative estimate of drug-likeness (QED) is 0.551. The Balaban J connectivity index is 1.70. The minimum atomic E-state index is -1.11. The van der Waals surface area contributed by atoms with Gasteiger partial charge in [0.2, 0.25) is 0 Å². The van der Waals surface area contributed by atoms with Crippen LogP contribution in [0.2, 0.25) is 10.0 Å². The van der Waals surface area contributed by atoms with Crippen molar-refractivity contribution < 1.29 is 19.1 Å². The molecular weight excluding hydrogens is 451 g/mol. The Labute approximate surface area is 197 Å². The molecule has 0 spiro atoms. The second kappa shape index (κ2) is 10.8. The van der Waals surface area contributed by atoms with Gasteiger partial charge in [0, 0.05) is 13.1 Å². The van der Waals surface area contributed by atoms with Crippen LogP contribution in [-0.4, -0.2) is 41.9 Å². The third-order valence-corrected chi connectivity index (χ3v) is 6.50. The number of halogens is 2. The molecule has 0 saturated heterocycles. The molecule has 32 heavy (non-hydrogen) atoms. The van der Waals surface area contributed by atoms with Gasteiger partial charge in [0.25, 0.3) is 11.8 Å². The number of nitrogens with one attached hydrogen (secondary N) is 1. The van der Waals surface area contributed by atoms with Crippen LogP contribution in [-0.2, 0) is 9.53 Å². The molecule has 2 amide bonds. The van der Waals surface area contributed by atoms with Gasteiger partial charge in [-0.3, -0.25) is 9.59 Å². The molecule has 6 nitrogen and oxygen atoms in total. The van der Waals surface area contributed by atoms with Crippen molar-refractivity contribution in [3.05, 3.63) is 63.6 Å². The van der Waals surface area contributed by atoms with E-state index in [-0.39, 0.29) is 28.1 Å². The molecule has 0 aliphatic heterocycles. The molecule has 1 unspecified atom stereocenters. The average Bonchev–Trinajstić information content (AvgIpc) is 2.81. The molecule has 2 aromatic rings. The van der Waals surface area contributed by atoms with Gasteiger partial charge in [-0.2, -0.15) is 0 Å². The van der Waals surface area contributed by atoms with Gasteiger partial charge in [-0.05, 0) is 44.0 Å². The van der Waals surface area contributed by atoms with Crippen LogP contribution in [0.3, 0.4) is 0 Å². The largest absolute Gasteiger partial charge is 0.449 e. The summed E-state index contributed by atoms with van der Waals surface area (Å²) in [6.07, 6.45) is 4.17. The van der Waals surface area contributed by atoms with Gasteiger partial charge in [-0.25, -0.2) is 4.79 Å². The maximum Gasteiger partial charge on any atom is 0.339 e. The van der Waals surface area contributed by atoms with E-state index in [1.807, 2.05) is 0 Å². The lowest BCUT2D eigenvalue weighted by Crippen LogP contribution is -2.39. The number of hydrogen-bond acceptors (Lipinski definition) is 4. The monoisotopic (exact) mass is 476 g/mol. The van der Waals surface area contributed by atoms with Crippen molar-refractivity contribution in [1.82, 2.24) is 4.90 Å². The molecule has 8 heteroatoms. The van der Waals surface area contributed by atoms with Crippen LogP contribution in [0.15, 0.2) is 42.5 Å². The van der Waals surface area contributed by atoms with Crippen LogP contribution in [0, 0.1) is 0 Å². The molecule has 170 valence electrons. The zero-order valence-corrected chi connectivity index (χ0v) is 19.6. The first-order valence-electron chi connectivity index (χ1n) is 10.6. The summed E-state index contributed by atoms with van der Waals surface area (Å²) >= 11 is 12.1. The summed E-state index contributed by atoms with van der Waals surface area (Å²) in [5, 5.41) is 3.09. The average molecular weight is 477 g/mol. The van der Waals surface area contributed by atoms with Crippen LogP contribution in [0.4, 0.5) is 5.69 Å². The van der Waals surface area contributed by atoms with Crippen LogP contribution >= 0.6 is 23.2 Å². The first kappa shape index (κ1) is 24.1. The van der Waals surface area contributed by atoms with Gasteiger partial charge in [0.1, 0.15) is 0 Å². The molecule has 1 aliphatic rings. The van der Waals surface area contributed by atoms with E-state index in [4.69, 9.17) is 27.9 Å². The molecule has 1 aliphatic carbocycles. The van der Waals surface area contributed by atoms with Crippen LogP contribution in [0.25, 0.3) is 0 Å². The molecule has 1 fully saturated rings. The van der Waals surface area contributed by atoms with Gasteiger partial charge in [0.05, 0.1) is 26.9 Å². The third-order valence-electron chi connectivity index (χ3n) is 5.68. The van der Waals surface area contributed by atoms with Crippen molar-refractivity contribution in [2.75, 3.05) is 12.4 Å². The van der Waals surface area contributed by atoms with E-state index in [2.05, 4.69) is 5.32 Å². The Kier molecular flexibility index (Phi) is 8.15. The Hall–Kier alpha value is -2.57. The SMILES string of the molecule is CC(OC(=O)c1ccccc1C(=O)N(C)C1CCCCC1)C(=O)Nc1cccc(Cl)c1Cl. The molecule has 1 saturated carbocycles. The molecule has 0 heterocycles. The molecule has 0 aromatic heterocycles. The van der Waals surface area contributed by atoms with E-state index in [0.29, 0.717) is 10.7 Å². The number of esters is 1. The van der Waals surface area contributed by atoms with E-state index in [9.17, 15) is 14.4 Å². The van der Waals surface area contributed by atoms with Crippen molar-refractivity contribution in [3.63, 3.8) is 0 Å². The lowest BCUT2D eigenvalue weighted by atomic mass is 9.94. The Morgan fingerprint density at radius 2 is 1.66 bits per heavy atom. The maximum absolute atomic E-state index is 13.1. The number of anilines is 1. The van der Waals surface area contributed by atoms with E-state index in [0.717, 1.165) is 25.7 Å². The summed E-state index contributed by atoms with van der Waals surface area (Å²) in [4.78, 5) is 40.2. The molecule has 1 atom stereocenters. The topological polar surface area (TPSA) is 75.7 Å². The molecule has 2 aromatic carbocycles. The summed E-state index contributed by atoms with van der Waals surface area (Å²) < 4.78 is 5.36. The number of amides is 2. The number of carbonyl (C=O) groups excluding carboxylic acids is 3.